The van der Waals surface area contributed by atoms with Gasteiger partial charge in [0.25, 0.3) is 5.56 Å². The SMILES string of the molecule is CCN(CC)CCCCNc1nnc2cc(-c3cc(OC)cc(OC)c3C)c(=O)n(C3CCCC3)c2n1. The average molecular weight is 509 g/mol. The molecule has 0 aliphatic heterocycles. The molecule has 0 radical (unpaired) electrons. The van der Waals surface area contributed by atoms with Gasteiger partial charge in [-0.05, 0) is 75.5 Å². The summed E-state index contributed by atoms with van der Waals surface area (Å²) in [7, 11) is 3.23. The Hall–Kier alpha value is -3.20. The fourth-order valence-corrected chi connectivity index (χ4v) is 5.26. The molecule has 0 spiro atoms. The molecule has 1 saturated carbocycles. The topological polar surface area (TPSA) is 94.4 Å². The Labute approximate surface area is 219 Å². The van der Waals surface area contributed by atoms with Crippen molar-refractivity contribution in [2.75, 3.05) is 45.7 Å². The lowest BCUT2D eigenvalue weighted by Gasteiger charge is -2.19. The van der Waals surface area contributed by atoms with Gasteiger partial charge in [0.1, 0.15) is 17.0 Å². The van der Waals surface area contributed by atoms with Crippen molar-refractivity contribution in [3.63, 3.8) is 0 Å². The summed E-state index contributed by atoms with van der Waals surface area (Å²) >= 11 is 0. The number of benzene rings is 1. The first-order valence-electron chi connectivity index (χ1n) is 13.5. The van der Waals surface area contributed by atoms with Crippen LogP contribution in [0.5, 0.6) is 11.5 Å². The quantitative estimate of drug-likeness (QED) is 0.348. The first-order chi connectivity index (χ1) is 18.0. The summed E-state index contributed by atoms with van der Waals surface area (Å²) in [4.78, 5) is 21.2. The fraction of sp³-hybridized carbons (Fsp3) is 0.571. The molecule has 0 amide bonds. The number of unbranched alkanes of at least 4 members (excludes halogenated alkanes) is 1. The van der Waals surface area contributed by atoms with Crippen LogP contribution >= 0.6 is 0 Å². The molecule has 0 atom stereocenters. The Morgan fingerprint density at radius 2 is 1.78 bits per heavy atom. The zero-order chi connectivity index (χ0) is 26.4. The summed E-state index contributed by atoms with van der Waals surface area (Å²) in [6.07, 6.45) is 6.24. The number of hydrogen-bond acceptors (Lipinski definition) is 8. The lowest BCUT2D eigenvalue weighted by atomic mass is 9.99. The molecule has 0 unspecified atom stereocenters. The monoisotopic (exact) mass is 508 g/mol. The highest BCUT2D eigenvalue weighted by Gasteiger charge is 2.25. The van der Waals surface area contributed by atoms with E-state index in [-0.39, 0.29) is 11.6 Å². The summed E-state index contributed by atoms with van der Waals surface area (Å²) in [5, 5.41) is 12.2. The number of ether oxygens (including phenoxy) is 2. The molecule has 0 saturated heterocycles. The van der Waals surface area contributed by atoms with Crippen LogP contribution in [0.1, 0.15) is 64.0 Å². The minimum absolute atomic E-state index is 0.0662. The smallest absolute Gasteiger partial charge is 0.260 e. The predicted octanol–water partition coefficient (Wildman–Crippen LogP) is 4.83. The molecule has 0 bridgehead atoms. The zero-order valence-corrected chi connectivity index (χ0v) is 22.8. The lowest BCUT2D eigenvalue weighted by Crippen LogP contribution is -2.27. The highest BCUT2D eigenvalue weighted by Crippen LogP contribution is 2.36. The van der Waals surface area contributed by atoms with Gasteiger partial charge in [0, 0.05) is 18.7 Å². The third-order valence-electron chi connectivity index (χ3n) is 7.50. The first kappa shape index (κ1) is 26.9. The summed E-state index contributed by atoms with van der Waals surface area (Å²) in [6, 6.07) is 5.62. The zero-order valence-electron chi connectivity index (χ0n) is 22.8. The van der Waals surface area contributed by atoms with Crippen LogP contribution in [-0.4, -0.2) is 65.0 Å². The minimum Gasteiger partial charge on any atom is -0.497 e. The summed E-state index contributed by atoms with van der Waals surface area (Å²) < 4.78 is 12.9. The predicted molar refractivity (Wildman–Crippen MR) is 148 cm³/mol. The molecule has 37 heavy (non-hydrogen) atoms. The van der Waals surface area contributed by atoms with Crippen molar-refractivity contribution in [2.24, 2.45) is 0 Å². The Kier molecular flexibility index (Phi) is 8.97. The average Bonchev–Trinajstić information content (AvgIpc) is 3.45. The van der Waals surface area contributed by atoms with E-state index in [2.05, 4.69) is 34.3 Å². The number of aromatic nitrogens is 4. The van der Waals surface area contributed by atoms with Crippen LogP contribution < -0.4 is 20.3 Å². The summed E-state index contributed by atoms with van der Waals surface area (Å²) in [6.45, 7) is 10.3. The van der Waals surface area contributed by atoms with Gasteiger partial charge < -0.3 is 19.7 Å². The molecule has 9 heteroatoms. The number of fused-ring (bicyclic) bond motifs is 1. The Bertz CT molecular complexity index is 1260. The second-order valence-corrected chi connectivity index (χ2v) is 9.68. The third kappa shape index (κ3) is 5.87. The molecular weight excluding hydrogens is 468 g/mol. The van der Waals surface area contributed by atoms with Gasteiger partial charge in [-0.25, -0.2) is 0 Å². The van der Waals surface area contributed by atoms with Crippen LogP contribution in [0.2, 0.25) is 0 Å². The number of anilines is 1. The van der Waals surface area contributed by atoms with Crippen molar-refractivity contribution >= 4 is 17.1 Å². The highest BCUT2D eigenvalue weighted by atomic mass is 16.5. The van der Waals surface area contributed by atoms with E-state index in [0.29, 0.717) is 34.2 Å². The van der Waals surface area contributed by atoms with Crippen LogP contribution in [0.3, 0.4) is 0 Å². The molecule has 1 aromatic carbocycles. The molecule has 1 aliphatic rings. The third-order valence-corrected chi connectivity index (χ3v) is 7.50. The summed E-state index contributed by atoms with van der Waals surface area (Å²) in [5.41, 5.74) is 3.34. The number of rotatable bonds is 12. The Balaban J connectivity index is 1.70. The summed E-state index contributed by atoms with van der Waals surface area (Å²) in [5.74, 6) is 1.77. The Morgan fingerprint density at radius 1 is 1.03 bits per heavy atom. The van der Waals surface area contributed by atoms with E-state index in [1.807, 2.05) is 23.6 Å². The number of nitrogens with zero attached hydrogens (tertiary/aromatic N) is 5. The van der Waals surface area contributed by atoms with Crippen LogP contribution in [0.15, 0.2) is 23.0 Å². The molecule has 1 N–H and O–H groups in total. The molecule has 1 fully saturated rings. The maximum Gasteiger partial charge on any atom is 0.260 e. The standard InChI is InChI=1S/C28H40N6O3/c1-6-33(7-2)15-11-10-14-29-28-30-26-24(31-32-28)18-23(27(35)34(26)20-12-8-9-13-20)22-16-21(36-4)17-25(37-5)19(22)3/h16-18,20H,6-15H2,1-5H3,(H,29,30,32). The van der Waals surface area contributed by atoms with Gasteiger partial charge in [-0.3, -0.25) is 9.36 Å². The van der Waals surface area contributed by atoms with Gasteiger partial charge >= 0.3 is 0 Å². The molecular formula is C28H40N6O3. The second kappa shape index (κ2) is 12.4. The van der Waals surface area contributed by atoms with Crippen molar-refractivity contribution in [3.05, 3.63) is 34.1 Å². The van der Waals surface area contributed by atoms with Gasteiger partial charge in [0.05, 0.1) is 19.8 Å². The van der Waals surface area contributed by atoms with Crippen LogP contribution in [-0.2, 0) is 0 Å². The number of nitrogens with one attached hydrogen (secondary N) is 1. The first-order valence-corrected chi connectivity index (χ1v) is 13.5. The van der Waals surface area contributed by atoms with Gasteiger partial charge in [-0.15, -0.1) is 10.2 Å². The molecule has 1 aliphatic carbocycles. The van der Waals surface area contributed by atoms with Crippen molar-refractivity contribution in [3.8, 4) is 22.6 Å². The van der Waals surface area contributed by atoms with E-state index >= 15 is 0 Å². The normalized spacial score (nSPS) is 14.0. The molecule has 200 valence electrons. The van der Waals surface area contributed by atoms with Crippen molar-refractivity contribution in [1.82, 2.24) is 24.6 Å². The van der Waals surface area contributed by atoms with E-state index in [1.54, 1.807) is 20.3 Å². The molecule has 9 nitrogen and oxygen atoms in total. The number of methoxy groups -OCH3 is 2. The van der Waals surface area contributed by atoms with E-state index in [9.17, 15) is 4.79 Å². The minimum atomic E-state index is -0.0662. The van der Waals surface area contributed by atoms with Crippen molar-refractivity contribution in [1.29, 1.82) is 0 Å². The fourth-order valence-electron chi connectivity index (χ4n) is 5.26. The van der Waals surface area contributed by atoms with Crippen LogP contribution in [0.4, 0.5) is 5.95 Å². The largest absolute Gasteiger partial charge is 0.497 e. The van der Waals surface area contributed by atoms with Gasteiger partial charge in [-0.2, -0.15) is 4.98 Å². The maximum absolute atomic E-state index is 14.0. The van der Waals surface area contributed by atoms with E-state index < -0.39 is 0 Å². The second-order valence-electron chi connectivity index (χ2n) is 9.68. The number of pyridine rings is 1. The van der Waals surface area contributed by atoms with E-state index in [1.165, 1.54) is 0 Å². The van der Waals surface area contributed by atoms with Crippen LogP contribution in [0, 0.1) is 6.92 Å². The lowest BCUT2D eigenvalue weighted by molar-refractivity contribution is 0.298. The maximum atomic E-state index is 14.0. The molecule has 4 rings (SSSR count). The highest BCUT2D eigenvalue weighted by molar-refractivity contribution is 5.81. The van der Waals surface area contributed by atoms with Gasteiger partial charge in [0.2, 0.25) is 5.95 Å². The number of hydrogen-bond donors (Lipinski definition) is 1. The molecule has 2 heterocycles. The van der Waals surface area contributed by atoms with Crippen molar-refractivity contribution in [2.45, 2.75) is 65.3 Å². The molecule has 2 aromatic heterocycles. The van der Waals surface area contributed by atoms with Crippen molar-refractivity contribution < 1.29 is 9.47 Å². The van der Waals surface area contributed by atoms with Gasteiger partial charge in [0.15, 0.2) is 5.65 Å². The van der Waals surface area contributed by atoms with Crippen LogP contribution in [0.25, 0.3) is 22.3 Å². The van der Waals surface area contributed by atoms with E-state index in [0.717, 1.165) is 75.8 Å². The molecule has 3 aromatic rings. The Morgan fingerprint density at radius 3 is 2.46 bits per heavy atom. The van der Waals surface area contributed by atoms with Gasteiger partial charge in [-0.1, -0.05) is 26.7 Å². The van der Waals surface area contributed by atoms with E-state index in [4.69, 9.17) is 14.5 Å².